The van der Waals surface area contributed by atoms with Gasteiger partial charge in [0, 0.05) is 24.0 Å². The highest BCUT2D eigenvalue weighted by Gasteiger charge is 2.02. The second-order valence-corrected chi connectivity index (χ2v) is 5.50. The Morgan fingerprint density at radius 2 is 1.86 bits per heavy atom. The SMILES string of the molecule is CCCCc1cc2ncc(C#Cc3ccc(C)cc3)cn2n1. The first-order valence-electron chi connectivity index (χ1n) is 7.67. The highest BCUT2D eigenvalue weighted by atomic mass is 15.2. The van der Waals surface area contributed by atoms with E-state index in [9.17, 15) is 0 Å². The van der Waals surface area contributed by atoms with E-state index in [2.05, 4.69) is 47.9 Å². The van der Waals surface area contributed by atoms with Crippen LogP contribution in [0.2, 0.25) is 0 Å². The predicted octanol–water partition coefficient (Wildman–Crippen LogP) is 3.78. The molecule has 22 heavy (non-hydrogen) atoms. The Labute approximate surface area is 131 Å². The molecule has 0 saturated carbocycles. The highest BCUT2D eigenvalue weighted by Crippen LogP contribution is 2.08. The molecule has 3 nitrogen and oxygen atoms in total. The Bertz CT molecular complexity index is 832. The molecule has 2 aromatic heterocycles. The molecule has 0 aliphatic heterocycles. The zero-order valence-corrected chi connectivity index (χ0v) is 13.0. The standard InChI is InChI=1S/C19H19N3/c1-3-4-5-18-12-19-20-13-17(14-22(19)21-18)11-10-16-8-6-15(2)7-9-16/h6-9,12-14H,3-5H2,1-2H3. The van der Waals surface area contributed by atoms with Gasteiger partial charge in [-0.15, -0.1) is 0 Å². The molecule has 2 heterocycles. The van der Waals surface area contributed by atoms with Crippen molar-refractivity contribution >= 4 is 5.65 Å². The van der Waals surface area contributed by atoms with Gasteiger partial charge in [-0.2, -0.15) is 5.10 Å². The topological polar surface area (TPSA) is 30.2 Å². The molecular weight excluding hydrogens is 270 g/mol. The van der Waals surface area contributed by atoms with Crippen molar-refractivity contribution in [2.75, 3.05) is 0 Å². The largest absolute Gasteiger partial charge is 0.236 e. The molecule has 0 fully saturated rings. The van der Waals surface area contributed by atoms with Gasteiger partial charge in [0.15, 0.2) is 5.65 Å². The minimum Gasteiger partial charge on any atom is -0.236 e. The average Bonchev–Trinajstić information content (AvgIpc) is 2.94. The average molecular weight is 289 g/mol. The van der Waals surface area contributed by atoms with Gasteiger partial charge in [0.25, 0.3) is 0 Å². The lowest BCUT2D eigenvalue weighted by Crippen LogP contribution is -1.92. The summed E-state index contributed by atoms with van der Waals surface area (Å²) < 4.78 is 1.82. The Morgan fingerprint density at radius 1 is 1.09 bits per heavy atom. The van der Waals surface area contributed by atoms with E-state index in [1.165, 1.54) is 12.0 Å². The van der Waals surface area contributed by atoms with Crippen LogP contribution in [0.25, 0.3) is 5.65 Å². The van der Waals surface area contributed by atoms with Crippen LogP contribution in [0.5, 0.6) is 0 Å². The van der Waals surface area contributed by atoms with Crippen LogP contribution >= 0.6 is 0 Å². The van der Waals surface area contributed by atoms with Crippen LogP contribution in [0, 0.1) is 18.8 Å². The molecule has 3 rings (SSSR count). The maximum absolute atomic E-state index is 4.56. The van der Waals surface area contributed by atoms with E-state index in [1.54, 1.807) is 0 Å². The number of hydrogen-bond donors (Lipinski definition) is 0. The maximum atomic E-state index is 4.56. The van der Waals surface area contributed by atoms with Crippen LogP contribution in [0.15, 0.2) is 42.7 Å². The van der Waals surface area contributed by atoms with Crippen molar-refractivity contribution in [3.8, 4) is 11.8 Å². The summed E-state index contributed by atoms with van der Waals surface area (Å²) in [5.41, 5.74) is 5.10. The molecule has 0 N–H and O–H groups in total. The fourth-order valence-electron chi connectivity index (χ4n) is 2.25. The molecule has 0 spiro atoms. The maximum Gasteiger partial charge on any atom is 0.155 e. The van der Waals surface area contributed by atoms with Crippen LogP contribution in [-0.4, -0.2) is 14.6 Å². The molecule has 1 aromatic carbocycles. The van der Waals surface area contributed by atoms with Gasteiger partial charge in [0.05, 0.1) is 11.3 Å². The smallest absolute Gasteiger partial charge is 0.155 e. The zero-order valence-electron chi connectivity index (χ0n) is 13.0. The third kappa shape index (κ3) is 3.35. The van der Waals surface area contributed by atoms with E-state index in [4.69, 9.17) is 0 Å². The zero-order chi connectivity index (χ0) is 15.4. The fraction of sp³-hybridized carbons (Fsp3) is 0.263. The molecule has 0 aliphatic carbocycles. The van der Waals surface area contributed by atoms with Gasteiger partial charge < -0.3 is 0 Å². The van der Waals surface area contributed by atoms with E-state index >= 15 is 0 Å². The van der Waals surface area contributed by atoms with E-state index in [0.29, 0.717) is 0 Å². The second kappa shape index (κ2) is 6.44. The first-order valence-corrected chi connectivity index (χ1v) is 7.67. The molecule has 0 unspecified atom stereocenters. The van der Waals surface area contributed by atoms with Crippen molar-refractivity contribution in [1.29, 1.82) is 0 Å². The number of fused-ring (bicyclic) bond motifs is 1. The van der Waals surface area contributed by atoms with Gasteiger partial charge in [-0.05, 0) is 31.9 Å². The Balaban J connectivity index is 1.84. The summed E-state index contributed by atoms with van der Waals surface area (Å²) in [5, 5.41) is 4.56. The third-order valence-electron chi connectivity index (χ3n) is 3.55. The number of unbranched alkanes of at least 4 members (excludes halogenated alkanes) is 1. The van der Waals surface area contributed by atoms with Crippen molar-refractivity contribution in [2.45, 2.75) is 33.1 Å². The van der Waals surface area contributed by atoms with Gasteiger partial charge in [-0.3, -0.25) is 0 Å². The molecule has 0 amide bonds. The van der Waals surface area contributed by atoms with Crippen molar-refractivity contribution in [3.63, 3.8) is 0 Å². The lowest BCUT2D eigenvalue weighted by Gasteiger charge is -1.94. The summed E-state index contributed by atoms with van der Waals surface area (Å²) in [4.78, 5) is 4.43. The van der Waals surface area contributed by atoms with Crippen LogP contribution in [0.3, 0.4) is 0 Å². The van der Waals surface area contributed by atoms with Crippen LogP contribution in [-0.2, 0) is 6.42 Å². The quantitative estimate of drug-likeness (QED) is 0.687. The summed E-state index contributed by atoms with van der Waals surface area (Å²) in [7, 11) is 0. The Morgan fingerprint density at radius 3 is 2.64 bits per heavy atom. The number of nitrogens with zero attached hydrogens (tertiary/aromatic N) is 3. The van der Waals surface area contributed by atoms with E-state index in [0.717, 1.165) is 35.3 Å². The molecule has 0 atom stereocenters. The molecule has 0 aliphatic rings. The molecule has 3 aromatic rings. The molecule has 0 radical (unpaired) electrons. The van der Waals surface area contributed by atoms with Crippen LogP contribution in [0.1, 0.15) is 42.1 Å². The number of hydrogen-bond acceptors (Lipinski definition) is 2. The number of aryl methyl sites for hydroxylation is 2. The number of rotatable bonds is 3. The van der Waals surface area contributed by atoms with Gasteiger partial charge >= 0.3 is 0 Å². The summed E-state index contributed by atoms with van der Waals surface area (Å²) in [5.74, 6) is 6.31. The predicted molar refractivity (Wildman–Crippen MR) is 88.8 cm³/mol. The summed E-state index contributed by atoms with van der Waals surface area (Å²) in [6.45, 7) is 4.26. The highest BCUT2D eigenvalue weighted by molar-refractivity contribution is 5.45. The lowest BCUT2D eigenvalue weighted by atomic mass is 10.1. The summed E-state index contributed by atoms with van der Waals surface area (Å²) in [6.07, 6.45) is 7.09. The molecular formula is C19H19N3. The molecule has 110 valence electrons. The van der Waals surface area contributed by atoms with E-state index in [1.807, 2.05) is 35.1 Å². The minimum absolute atomic E-state index is 0.873. The third-order valence-corrected chi connectivity index (χ3v) is 3.55. The van der Waals surface area contributed by atoms with E-state index < -0.39 is 0 Å². The number of benzene rings is 1. The Kier molecular flexibility index (Phi) is 4.20. The van der Waals surface area contributed by atoms with Crippen molar-refractivity contribution in [3.05, 3.63) is 65.1 Å². The summed E-state index contributed by atoms with van der Waals surface area (Å²) >= 11 is 0. The van der Waals surface area contributed by atoms with E-state index in [-0.39, 0.29) is 0 Å². The van der Waals surface area contributed by atoms with Crippen LogP contribution in [0.4, 0.5) is 0 Å². The van der Waals surface area contributed by atoms with Gasteiger partial charge in [-0.1, -0.05) is 42.9 Å². The van der Waals surface area contributed by atoms with Gasteiger partial charge in [-0.25, -0.2) is 9.50 Å². The minimum atomic E-state index is 0.873. The molecule has 0 saturated heterocycles. The summed E-state index contributed by atoms with van der Waals surface area (Å²) in [6, 6.07) is 10.3. The Hall–Kier alpha value is -2.60. The second-order valence-electron chi connectivity index (χ2n) is 5.50. The van der Waals surface area contributed by atoms with Crippen LogP contribution < -0.4 is 0 Å². The number of aromatic nitrogens is 3. The molecule has 0 bridgehead atoms. The first kappa shape index (κ1) is 14.3. The van der Waals surface area contributed by atoms with Gasteiger partial charge in [0.1, 0.15) is 0 Å². The van der Waals surface area contributed by atoms with Gasteiger partial charge in [0.2, 0.25) is 0 Å². The van der Waals surface area contributed by atoms with Crippen molar-refractivity contribution < 1.29 is 0 Å². The first-order chi connectivity index (χ1) is 10.7. The monoisotopic (exact) mass is 289 g/mol. The van der Waals surface area contributed by atoms with Crippen molar-refractivity contribution in [2.24, 2.45) is 0 Å². The van der Waals surface area contributed by atoms with Crippen molar-refractivity contribution in [1.82, 2.24) is 14.6 Å². The fourth-order valence-corrected chi connectivity index (χ4v) is 2.25. The lowest BCUT2D eigenvalue weighted by molar-refractivity contribution is 0.761. The normalized spacial score (nSPS) is 10.5. The molecule has 3 heteroatoms.